The maximum absolute atomic E-state index is 11.5. The largest absolute Gasteiger partial charge is 0.294 e. The second-order valence-electron chi connectivity index (χ2n) is 4.99. The first-order chi connectivity index (χ1) is 10.4. The first-order valence-corrected chi connectivity index (χ1v) is 7.69. The lowest BCUT2D eigenvalue weighted by Gasteiger charge is -2.07. The summed E-state index contributed by atoms with van der Waals surface area (Å²) in [7, 11) is 3.50. The van der Waals surface area contributed by atoms with Gasteiger partial charge in [-0.3, -0.25) is 19.0 Å². The Morgan fingerprint density at radius 3 is 1.57 bits per heavy atom. The van der Waals surface area contributed by atoms with Crippen LogP contribution in [0.4, 0.5) is 0 Å². The van der Waals surface area contributed by atoms with Crippen LogP contribution in [0.5, 0.6) is 0 Å². The van der Waals surface area contributed by atoms with Crippen molar-refractivity contribution >= 4 is 46.4 Å². The molecule has 0 radical (unpaired) electrons. The van der Waals surface area contributed by atoms with Crippen molar-refractivity contribution in [3.63, 3.8) is 0 Å². The molecule has 0 N–H and O–H groups in total. The number of aromatic nitrogens is 4. The minimum absolute atomic E-state index is 0.0746. The van der Waals surface area contributed by atoms with Gasteiger partial charge < -0.3 is 0 Å². The molecule has 9 heteroatoms. The molecule has 2 aromatic rings. The summed E-state index contributed by atoms with van der Waals surface area (Å²) in [6, 6.07) is 0. The third kappa shape index (κ3) is 5.34. The van der Waals surface area contributed by atoms with Crippen LogP contribution in [0.2, 0.25) is 0 Å². The van der Waals surface area contributed by atoms with Crippen LogP contribution in [-0.4, -0.2) is 34.9 Å². The van der Waals surface area contributed by atoms with Gasteiger partial charge in [0.05, 0.1) is 22.5 Å². The second kappa shape index (κ2) is 7.47. The SMILES string of the molecule is CC(=O)c1cn(C)nc1C.Cc1nn(C)cc1C(=O)C(Cl)(Cl)Cl. The normalized spacial score (nSPS) is 11.0. The van der Waals surface area contributed by atoms with Gasteiger partial charge in [0.2, 0.25) is 5.78 Å². The summed E-state index contributed by atoms with van der Waals surface area (Å²) in [5.74, 6) is -0.478. The van der Waals surface area contributed by atoms with Crippen LogP contribution in [0.25, 0.3) is 0 Å². The quantitative estimate of drug-likeness (QED) is 0.593. The maximum Gasteiger partial charge on any atom is 0.253 e. The van der Waals surface area contributed by atoms with Crippen LogP contribution in [0.1, 0.15) is 39.0 Å². The van der Waals surface area contributed by atoms with Gasteiger partial charge in [0.1, 0.15) is 0 Å². The van der Waals surface area contributed by atoms with Gasteiger partial charge in [-0.25, -0.2) is 0 Å². The Hall–Kier alpha value is -1.37. The molecule has 0 unspecified atom stereocenters. The number of carbonyl (C=O) groups is 2. The van der Waals surface area contributed by atoms with E-state index >= 15 is 0 Å². The molecule has 0 aromatic carbocycles. The molecule has 0 spiro atoms. The topological polar surface area (TPSA) is 69.8 Å². The Kier molecular flexibility index (Phi) is 6.39. The highest BCUT2D eigenvalue weighted by atomic mass is 35.6. The predicted molar refractivity (Wildman–Crippen MR) is 90.5 cm³/mol. The zero-order valence-electron chi connectivity index (χ0n) is 13.4. The molecule has 0 aliphatic rings. The molecule has 126 valence electrons. The average molecular weight is 380 g/mol. The van der Waals surface area contributed by atoms with Crippen LogP contribution in [-0.2, 0) is 14.1 Å². The number of ketones is 2. The number of aryl methyl sites for hydroxylation is 4. The molecule has 0 atom stereocenters. The summed E-state index contributed by atoms with van der Waals surface area (Å²) in [5.41, 5.74) is 2.40. The van der Waals surface area contributed by atoms with E-state index in [0.29, 0.717) is 16.8 Å². The molecule has 2 heterocycles. The smallest absolute Gasteiger partial charge is 0.253 e. The molecule has 0 aliphatic heterocycles. The Labute approximate surface area is 149 Å². The fourth-order valence-corrected chi connectivity index (χ4v) is 2.23. The second-order valence-corrected chi connectivity index (χ2v) is 7.27. The Morgan fingerprint density at radius 1 is 0.957 bits per heavy atom. The zero-order chi connectivity index (χ0) is 17.9. The molecular weight excluding hydrogens is 363 g/mol. The van der Waals surface area contributed by atoms with Crippen molar-refractivity contribution in [1.29, 1.82) is 0 Å². The lowest BCUT2D eigenvalue weighted by Crippen LogP contribution is -2.19. The predicted octanol–water partition coefficient (Wildman–Crippen LogP) is 3.21. The van der Waals surface area contributed by atoms with Crippen molar-refractivity contribution < 1.29 is 9.59 Å². The molecule has 2 rings (SSSR count). The van der Waals surface area contributed by atoms with E-state index in [9.17, 15) is 9.59 Å². The van der Waals surface area contributed by atoms with Crippen LogP contribution in [0, 0.1) is 13.8 Å². The molecule has 6 nitrogen and oxygen atoms in total. The highest BCUT2D eigenvalue weighted by molar-refractivity contribution is 6.77. The van der Waals surface area contributed by atoms with Gasteiger partial charge in [-0.15, -0.1) is 0 Å². The summed E-state index contributed by atoms with van der Waals surface area (Å²) in [5, 5.41) is 7.99. The first kappa shape index (κ1) is 19.7. The van der Waals surface area contributed by atoms with Crippen LogP contribution in [0.15, 0.2) is 12.4 Å². The third-order valence-electron chi connectivity index (χ3n) is 2.91. The average Bonchev–Trinajstić information content (AvgIpc) is 2.90. The summed E-state index contributed by atoms with van der Waals surface area (Å²) >= 11 is 16.3. The summed E-state index contributed by atoms with van der Waals surface area (Å²) in [6.45, 7) is 5.06. The van der Waals surface area contributed by atoms with Crippen molar-refractivity contribution in [2.24, 2.45) is 14.1 Å². The molecule has 0 aliphatic carbocycles. The van der Waals surface area contributed by atoms with E-state index in [2.05, 4.69) is 10.2 Å². The lowest BCUT2D eigenvalue weighted by molar-refractivity contribution is 0.0992. The Balaban J connectivity index is 0.000000238. The van der Waals surface area contributed by atoms with E-state index in [1.165, 1.54) is 10.9 Å². The zero-order valence-corrected chi connectivity index (χ0v) is 15.7. The van der Waals surface area contributed by atoms with Crippen LogP contribution < -0.4 is 0 Å². The van der Waals surface area contributed by atoms with E-state index < -0.39 is 9.58 Å². The summed E-state index contributed by atoms with van der Waals surface area (Å²) in [4.78, 5) is 22.3. The summed E-state index contributed by atoms with van der Waals surface area (Å²) in [6.07, 6.45) is 3.26. The molecule has 0 saturated carbocycles. The highest BCUT2D eigenvalue weighted by Gasteiger charge is 2.33. The number of carbonyl (C=O) groups excluding carboxylic acids is 2. The fraction of sp³-hybridized carbons (Fsp3) is 0.429. The van der Waals surface area contributed by atoms with Gasteiger partial charge in [0, 0.05) is 26.5 Å². The standard InChI is InChI=1S/C7H7Cl3N2O.C7H10N2O/c1-4-5(3-12(2)11-4)6(13)7(8,9)10;1-5-7(6(2)10)4-9(3)8-5/h3H,1-2H3;4H,1-3H3. The molecule has 0 saturated heterocycles. The van der Waals surface area contributed by atoms with Crippen molar-refractivity contribution in [3.8, 4) is 0 Å². The minimum atomic E-state index is -1.91. The van der Waals surface area contributed by atoms with Crippen molar-refractivity contribution in [2.75, 3.05) is 0 Å². The van der Waals surface area contributed by atoms with E-state index in [1.54, 1.807) is 38.8 Å². The van der Waals surface area contributed by atoms with Crippen molar-refractivity contribution in [3.05, 3.63) is 34.9 Å². The number of hydrogen-bond donors (Lipinski definition) is 0. The lowest BCUT2D eigenvalue weighted by atomic mass is 10.2. The molecule has 23 heavy (non-hydrogen) atoms. The van der Waals surface area contributed by atoms with E-state index in [1.807, 2.05) is 6.92 Å². The van der Waals surface area contributed by atoms with E-state index in [-0.39, 0.29) is 5.78 Å². The minimum Gasteiger partial charge on any atom is -0.294 e. The molecule has 2 aromatic heterocycles. The van der Waals surface area contributed by atoms with E-state index in [4.69, 9.17) is 34.8 Å². The number of hydrogen-bond acceptors (Lipinski definition) is 4. The maximum atomic E-state index is 11.5. The van der Waals surface area contributed by atoms with Crippen molar-refractivity contribution in [2.45, 2.75) is 24.6 Å². The highest BCUT2D eigenvalue weighted by Crippen LogP contribution is 2.31. The Bertz CT molecular complexity index is 729. The van der Waals surface area contributed by atoms with Gasteiger partial charge in [0.15, 0.2) is 5.78 Å². The molecule has 0 fully saturated rings. The number of alkyl halides is 3. The van der Waals surface area contributed by atoms with Gasteiger partial charge >= 0.3 is 0 Å². The number of nitrogens with zero attached hydrogens (tertiary/aromatic N) is 4. The first-order valence-electron chi connectivity index (χ1n) is 6.56. The Morgan fingerprint density at radius 2 is 1.35 bits per heavy atom. The molecule has 0 bridgehead atoms. The van der Waals surface area contributed by atoms with Gasteiger partial charge in [-0.2, -0.15) is 10.2 Å². The number of rotatable bonds is 2. The van der Waals surface area contributed by atoms with Gasteiger partial charge in [-0.1, -0.05) is 34.8 Å². The van der Waals surface area contributed by atoms with Crippen molar-refractivity contribution in [1.82, 2.24) is 19.6 Å². The molecular formula is C14H17Cl3N4O2. The number of Topliss-reactive ketones (excluding diaryl/α,β-unsaturated/α-hetero) is 2. The summed E-state index contributed by atoms with van der Waals surface area (Å²) < 4.78 is 1.23. The fourth-order valence-electron chi connectivity index (χ4n) is 1.92. The van der Waals surface area contributed by atoms with E-state index in [0.717, 1.165) is 5.69 Å². The van der Waals surface area contributed by atoms with Gasteiger partial charge in [0.25, 0.3) is 3.79 Å². The molecule has 0 amide bonds. The number of halogens is 3. The van der Waals surface area contributed by atoms with Gasteiger partial charge in [-0.05, 0) is 20.8 Å². The van der Waals surface area contributed by atoms with Crippen LogP contribution in [0.3, 0.4) is 0 Å². The third-order valence-corrected chi connectivity index (χ3v) is 3.42. The van der Waals surface area contributed by atoms with Crippen LogP contribution >= 0.6 is 34.8 Å². The monoisotopic (exact) mass is 378 g/mol.